The first-order valence-electron chi connectivity index (χ1n) is 8.47. The molecule has 3 heterocycles. The smallest absolute Gasteiger partial charge is 0.157 e. The highest BCUT2D eigenvalue weighted by atomic mass is 35.5. The van der Waals surface area contributed by atoms with Gasteiger partial charge in [0.25, 0.3) is 0 Å². The quantitative estimate of drug-likeness (QED) is 0.541. The summed E-state index contributed by atoms with van der Waals surface area (Å²) >= 11 is 6.16. The van der Waals surface area contributed by atoms with E-state index >= 15 is 0 Å². The number of aromatic nitrogens is 2. The molecular weight excluding hydrogens is 350 g/mol. The van der Waals surface area contributed by atoms with Crippen LogP contribution >= 0.6 is 11.6 Å². The van der Waals surface area contributed by atoms with Crippen molar-refractivity contribution >= 4 is 17.1 Å². The van der Waals surface area contributed by atoms with Gasteiger partial charge in [-0.3, -0.25) is 4.40 Å². The zero-order chi connectivity index (χ0) is 17.9. The summed E-state index contributed by atoms with van der Waals surface area (Å²) in [6.07, 6.45) is 2.77. The van der Waals surface area contributed by atoms with Crippen molar-refractivity contribution in [3.8, 4) is 23.1 Å². The fraction of sp³-hybridized carbons (Fsp3) is 0.250. The predicted octanol–water partition coefficient (Wildman–Crippen LogP) is 2.89. The van der Waals surface area contributed by atoms with Gasteiger partial charge in [-0.05, 0) is 37.1 Å². The highest BCUT2D eigenvalue weighted by Gasteiger charge is 2.41. The van der Waals surface area contributed by atoms with Crippen LogP contribution in [0.4, 0.5) is 0 Å². The predicted molar refractivity (Wildman–Crippen MR) is 98.5 cm³/mol. The Morgan fingerprint density at radius 3 is 2.85 bits per heavy atom. The summed E-state index contributed by atoms with van der Waals surface area (Å²) in [5.41, 5.74) is 8.59. The number of halogens is 1. The van der Waals surface area contributed by atoms with Gasteiger partial charge in [-0.1, -0.05) is 35.6 Å². The van der Waals surface area contributed by atoms with Crippen LogP contribution in [0.3, 0.4) is 0 Å². The lowest BCUT2D eigenvalue weighted by atomic mass is 10.1. The maximum atomic E-state index is 9.91. The third-order valence-corrected chi connectivity index (χ3v) is 4.93. The Labute approximate surface area is 155 Å². The molecule has 6 heteroatoms. The highest BCUT2D eigenvalue weighted by Crippen LogP contribution is 2.38. The van der Waals surface area contributed by atoms with Gasteiger partial charge in [-0.25, -0.2) is 4.98 Å². The molecule has 5 nitrogen and oxygen atoms in total. The second-order valence-corrected chi connectivity index (χ2v) is 7.24. The minimum Gasteiger partial charge on any atom is -0.378 e. The van der Waals surface area contributed by atoms with Crippen LogP contribution in [0.15, 0.2) is 42.6 Å². The molecule has 0 spiro atoms. The molecule has 2 aromatic heterocycles. The summed E-state index contributed by atoms with van der Waals surface area (Å²) in [7, 11) is 0. The fourth-order valence-corrected chi connectivity index (χ4v) is 3.16. The molecular formula is C20H16ClN3O2. The van der Waals surface area contributed by atoms with Gasteiger partial charge < -0.3 is 15.6 Å². The first-order chi connectivity index (χ1) is 12.5. The summed E-state index contributed by atoms with van der Waals surface area (Å²) in [6.45, 7) is 0. The number of rotatable bonds is 2. The van der Waals surface area contributed by atoms with Crippen LogP contribution in [0, 0.1) is 11.8 Å². The van der Waals surface area contributed by atoms with Gasteiger partial charge in [0.05, 0.1) is 16.2 Å². The van der Waals surface area contributed by atoms with Crippen molar-refractivity contribution in [3.63, 3.8) is 0 Å². The number of hydrogen-bond acceptors (Lipinski definition) is 4. The second-order valence-electron chi connectivity index (χ2n) is 6.80. The van der Waals surface area contributed by atoms with E-state index in [1.54, 1.807) is 0 Å². The van der Waals surface area contributed by atoms with Crippen molar-refractivity contribution < 1.29 is 9.84 Å². The molecule has 3 aromatic rings. The average Bonchev–Trinajstić information content (AvgIpc) is 3.52. The standard InChI is InChI=1S/C20H16ClN3O2/c21-14-4-5-15-16(23-19(24(15)11-14)17-18(22)26-17)13-3-1-2-12(10-13)6-7-20(25)8-9-20/h1-5,10-11,17-18,25H,8-9,22H2. The average molecular weight is 366 g/mol. The minimum atomic E-state index is -0.791. The molecule has 3 N–H and O–H groups in total. The fourth-order valence-electron chi connectivity index (χ4n) is 3.00. The summed E-state index contributed by atoms with van der Waals surface area (Å²) in [5, 5.41) is 10.5. The Bertz CT molecular complexity index is 1090. The van der Waals surface area contributed by atoms with Crippen LogP contribution in [0.25, 0.3) is 16.8 Å². The molecule has 1 saturated carbocycles. The summed E-state index contributed by atoms with van der Waals surface area (Å²) in [6, 6.07) is 11.6. The third-order valence-electron chi connectivity index (χ3n) is 4.71. The van der Waals surface area contributed by atoms with Crippen molar-refractivity contribution in [1.29, 1.82) is 0 Å². The van der Waals surface area contributed by atoms with Crippen LogP contribution in [0.5, 0.6) is 0 Å². The molecule has 26 heavy (non-hydrogen) atoms. The van der Waals surface area contributed by atoms with Crippen LogP contribution < -0.4 is 5.73 Å². The van der Waals surface area contributed by atoms with Crippen molar-refractivity contribution in [3.05, 3.63) is 59.0 Å². The van der Waals surface area contributed by atoms with Gasteiger partial charge in [0.2, 0.25) is 0 Å². The van der Waals surface area contributed by atoms with Crippen molar-refractivity contribution in [2.24, 2.45) is 5.73 Å². The topological polar surface area (TPSA) is 76.1 Å². The van der Waals surface area contributed by atoms with E-state index < -0.39 is 5.60 Å². The molecule has 130 valence electrons. The zero-order valence-corrected chi connectivity index (χ0v) is 14.6. The van der Waals surface area contributed by atoms with E-state index in [2.05, 4.69) is 11.8 Å². The Morgan fingerprint density at radius 1 is 1.31 bits per heavy atom. The van der Waals surface area contributed by atoms with E-state index in [4.69, 9.17) is 27.1 Å². The van der Waals surface area contributed by atoms with Gasteiger partial charge in [0.15, 0.2) is 6.10 Å². The maximum Gasteiger partial charge on any atom is 0.157 e. The summed E-state index contributed by atoms with van der Waals surface area (Å²) < 4.78 is 7.34. The Morgan fingerprint density at radius 2 is 2.12 bits per heavy atom. The Hall–Kier alpha value is -2.36. The SMILES string of the molecule is NC1OC1c1nc(-c2cccc(C#CC3(O)CC3)c2)c2ccc(Cl)cn12. The lowest BCUT2D eigenvalue weighted by Gasteiger charge is -2.01. The highest BCUT2D eigenvalue weighted by molar-refractivity contribution is 6.30. The number of aliphatic hydroxyl groups is 1. The lowest BCUT2D eigenvalue weighted by molar-refractivity contribution is 0.212. The first-order valence-corrected chi connectivity index (χ1v) is 8.85. The second kappa shape index (κ2) is 5.57. The van der Waals surface area contributed by atoms with E-state index in [-0.39, 0.29) is 12.3 Å². The first kappa shape index (κ1) is 15.9. The molecule has 1 aliphatic carbocycles. The van der Waals surface area contributed by atoms with Crippen molar-refractivity contribution in [2.45, 2.75) is 30.8 Å². The Balaban J connectivity index is 1.61. The van der Waals surface area contributed by atoms with E-state index in [0.717, 1.165) is 41.0 Å². The number of benzene rings is 1. The van der Waals surface area contributed by atoms with Gasteiger partial charge in [-0.2, -0.15) is 0 Å². The number of ether oxygens (including phenoxy) is 1. The number of hydrogen-bond donors (Lipinski definition) is 2. The van der Waals surface area contributed by atoms with E-state index in [1.807, 2.05) is 47.0 Å². The summed E-state index contributed by atoms with van der Waals surface area (Å²) in [4.78, 5) is 4.78. The number of fused-ring (bicyclic) bond motifs is 1. The number of nitrogens with zero attached hydrogens (tertiary/aromatic N) is 2. The monoisotopic (exact) mass is 365 g/mol. The lowest BCUT2D eigenvalue weighted by Crippen LogP contribution is -2.03. The van der Waals surface area contributed by atoms with E-state index in [1.165, 1.54) is 0 Å². The maximum absolute atomic E-state index is 9.91. The number of pyridine rings is 1. The van der Waals surface area contributed by atoms with Crippen LogP contribution in [-0.2, 0) is 4.74 Å². The molecule has 2 atom stereocenters. The van der Waals surface area contributed by atoms with Crippen molar-refractivity contribution in [1.82, 2.24) is 9.38 Å². The molecule has 2 unspecified atom stereocenters. The Kier molecular flexibility index (Phi) is 3.40. The van der Waals surface area contributed by atoms with E-state index in [9.17, 15) is 5.11 Å². The number of epoxide rings is 1. The molecule has 1 aromatic carbocycles. The van der Waals surface area contributed by atoms with E-state index in [0.29, 0.717) is 5.02 Å². The van der Waals surface area contributed by atoms with Crippen LogP contribution in [0.1, 0.15) is 30.3 Å². The molecule has 1 saturated heterocycles. The van der Waals surface area contributed by atoms with Crippen LogP contribution in [0.2, 0.25) is 5.02 Å². The molecule has 0 bridgehead atoms. The van der Waals surface area contributed by atoms with Crippen LogP contribution in [-0.4, -0.2) is 26.3 Å². The van der Waals surface area contributed by atoms with Gasteiger partial charge in [0.1, 0.15) is 17.7 Å². The molecule has 2 fully saturated rings. The van der Waals surface area contributed by atoms with Gasteiger partial charge in [-0.15, -0.1) is 0 Å². The molecule has 2 aliphatic rings. The zero-order valence-electron chi connectivity index (χ0n) is 13.8. The number of imidazole rings is 1. The normalized spacial score (nSPS) is 22.7. The van der Waals surface area contributed by atoms with Crippen molar-refractivity contribution in [2.75, 3.05) is 0 Å². The molecule has 5 rings (SSSR count). The van der Waals surface area contributed by atoms with Gasteiger partial charge in [0, 0.05) is 17.3 Å². The number of nitrogens with two attached hydrogens (primary N) is 1. The molecule has 0 amide bonds. The largest absolute Gasteiger partial charge is 0.378 e. The third kappa shape index (κ3) is 2.77. The molecule has 1 aliphatic heterocycles. The minimum absolute atomic E-state index is 0.221. The summed E-state index contributed by atoms with van der Waals surface area (Å²) in [5.74, 6) is 6.75. The molecule has 0 radical (unpaired) electrons. The van der Waals surface area contributed by atoms with Gasteiger partial charge >= 0.3 is 0 Å².